The zero-order chi connectivity index (χ0) is 14.5. The van der Waals surface area contributed by atoms with Gasteiger partial charge in [0, 0.05) is 23.5 Å². The average Bonchev–Trinajstić information content (AvgIpc) is 2.43. The standard InChI is InChI=1S/C16H22ClN3/c1-4-20(5-2)9-8-18-16-10-12(3)14-7-6-13(17)11-15(14)19-16/h6-7,10-11H,4-5,8-9H2,1-3H3,(H,18,19). The maximum Gasteiger partial charge on any atom is 0.126 e. The first-order chi connectivity index (χ1) is 9.63. The molecule has 0 bridgehead atoms. The van der Waals surface area contributed by atoms with Crippen molar-refractivity contribution in [2.45, 2.75) is 20.8 Å². The summed E-state index contributed by atoms with van der Waals surface area (Å²) in [5, 5.41) is 5.28. The van der Waals surface area contributed by atoms with Crippen LogP contribution >= 0.6 is 11.6 Å². The van der Waals surface area contributed by atoms with Crippen LogP contribution in [0.5, 0.6) is 0 Å². The van der Waals surface area contributed by atoms with Gasteiger partial charge < -0.3 is 10.2 Å². The Kier molecular flexibility index (Phi) is 5.21. The molecule has 0 unspecified atom stereocenters. The number of benzene rings is 1. The van der Waals surface area contributed by atoms with Crippen molar-refractivity contribution < 1.29 is 0 Å². The summed E-state index contributed by atoms with van der Waals surface area (Å²) in [7, 11) is 0. The highest BCUT2D eigenvalue weighted by molar-refractivity contribution is 6.31. The van der Waals surface area contributed by atoms with Crippen LogP contribution < -0.4 is 5.32 Å². The maximum absolute atomic E-state index is 6.04. The molecule has 0 amide bonds. The van der Waals surface area contributed by atoms with Crippen molar-refractivity contribution in [3.63, 3.8) is 0 Å². The lowest BCUT2D eigenvalue weighted by Crippen LogP contribution is -2.28. The van der Waals surface area contributed by atoms with Crippen LogP contribution in [-0.2, 0) is 0 Å². The van der Waals surface area contributed by atoms with Crippen LogP contribution in [0, 0.1) is 6.92 Å². The number of halogens is 1. The molecule has 1 N–H and O–H groups in total. The Bertz CT molecular complexity index is 579. The molecule has 0 saturated carbocycles. The van der Waals surface area contributed by atoms with E-state index < -0.39 is 0 Å². The maximum atomic E-state index is 6.04. The number of anilines is 1. The van der Waals surface area contributed by atoms with Gasteiger partial charge in [-0.25, -0.2) is 4.98 Å². The number of pyridine rings is 1. The van der Waals surface area contributed by atoms with E-state index in [1.807, 2.05) is 18.2 Å². The van der Waals surface area contributed by atoms with E-state index in [1.54, 1.807) is 0 Å². The van der Waals surface area contributed by atoms with E-state index in [4.69, 9.17) is 11.6 Å². The highest BCUT2D eigenvalue weighted by Gasteiger charge is 2.04. The molecule has 4 heteroatoms. The summed E-state index contributed by atoms with van der Waals surface area (Å²) in [6, 6.07) is 7.95. The Labute approximate surface area is 126 Å². The van der Waals surface area contributed by atoms with Gasteiger partial charge in [0.15, 0.2) is 0 Å². The lowest BCUT2D eigenvalue weighted by atomic mass is 10.1. The van der Waals surface area contributed by atoms with Crippen molar-refractivity contribution in [1.29, 1.82) is 0 Å². The number of rotatable bonds is 6. The molecule has 0 aliphatic carbocycles. The molecule has 2 aromatic rings. The van der Waals surface area contributed by atoms with E-state index in [-0.39, 0.29) is 0 Å². The van der Waals surface area contributed by atoms with Gasteiger partial charge in [0.25, 0.3) is 0 Å². The average molecular weight is 292 g/mol. The van der Waals surface area contributed by atoms with E-state index in [1.165, 1.54) is 5.56 Å². The van der Waals surface area contributed by atoms with E-state index in [9.17, 15) is 0 Å². The van der Waals surface area contributed by atoms with E-state index >= 15 is 0 Å². The van der Waals surface area contributed by atoms with Gasteiger partial charge in [-0.1, -0.05) is 31.5 Å². The molecule has 0 aliphatic rings. The Morgan fingerprint density at radius 1 is 1.20 bits per heavy atom. The summed E-state index contributed by atoms with van der Waals surface area (Å²) in [4.78, 5) is 7.02. The number of hydrogen-bond donors (Lipinski definition) is 1. The van der Waals surface area contributed by atoms with Crippen molar-refractivity contribution in [3.8, 4) is 0 Å². The third kappa shape index (κ3) is 3.62. The predicted octanol–water partition coefficient (Wildman–Crippen LogP) is 3.95. The molecule has 1 aromatic carbocycles. The number of aromatic nitrogens is 1. The fourth-order valence-corrected chi connectivity index (χ4v) is 2.51. The van der Waals surface area contributed by atoms with E-state index in [0.717, 1.165) is 47.9 Å². The van der Waals surface area contributed by atoms with Gasteiger partial charge >= 0.3 is 0 Å². The second-order valence-electron chi connectivity index (χ2n) is 4.94. The fourth-order valence-electron chi connectivity index (χ4n) is 2.35. The molecule has 3 nitrogen and oxygen atoms in total. The normalized spacial score (nSPS) is 11.2. The molecular weight excluding hydrogens is 270 g/mol. The van der Waals surface area contributed by atoms with Gasteiger partial charge in [0.2, 0.25) is 0 Å². The van der Waals surface area contributed by atoms with Gasteiger partial charge in [-0.05, 0) is 43.8 Å². The molecule has 0 saturated heterocycles. The minimum Gasteiger partial charge on any atom is -0.369 e. The molecule has 0 atom stereocenters. The zero-order valence-electron chi connectivity index (χ0n) is 12.4. The highest BCUT2D eigenvalue weighted by Crippen LogP contribution is 2.23. The fraction of sp³-hybridized carbons (Fsp3) is 0.438. The first-order valence-corrected chi connectivity index (χ1v) is 7.55. The molecule has 0 spiro atoms. The van der Waals surface area contributed by atoms with Crippen LogP contribution in [0.25, 0.3) is 10.9 Å². The van der Waals surface area contributed by atoms with Gasteiger partial charge in [-0.3, -0.25) is 0 Å². The van der Waals surface area contributed by atoms with Gasteiger partial charge in [-0.15, -0.1) is 0 Å². The Hall–Kier alpha value is -1.32. The van der Waals surface area contributed by atoms with Crippen LogP contribution in [0.15, 0.2) is 24.3 Å². The van der Waals surface area contributed by atoms with Crippen LogP contribution in [0.2, 0.25) is 5.02 Å². The number of aryl methyl sites for hydroxylation is 1. The molecule has 1 heterocycles. The van der Waals surface area contributed by atoms with Gasteiger partial charge in [-0.2, -0.15) is 0 Å². The summed E-state index contributed by atoms with van der Waals surface area (Å²) >= 11 is 6.04. The molecule has 2 rings (SSSR count). The number of hydrogen-bond acceptors (Lipinski definition) is 3. The first kappa shape index (κ1) is 15.1. The zero-order valence-corrected chi connectivity index (χ0v) is 13.2. The summed E-state index contributed by atoms with van der Waals surface area (Å²) in [6.45, 7) is 10.6. The Balaban J connectivity index is 2.11. The minimum absolute atomic E-state index is 0.727. The van der Waals surface area contributed by atoms with Crippen LogP contribution in [-0.4, -0.2) is 36.1 Å². The minimum atomic E-state index is 0.727. The molecule has 0 radical (unpaired) electrons. The van der Waals surface area contributed by atoms with E-state index in [0.29, 0.717) is 0 Å². The number of likely N-dealkylation sites (N-methyl/N-ethyl adjacent to an activating group) is 1. The summed E-state index contributed by atoms with van der Waals surface area (Å²) < 4.78 is 0. The van der Waals surface area contributed by atoms with Crippen molar-refractivity contribution in [3.05, 3.63) is 34.9 Å². The van der Waals surface area contributed by atoms with Crippen LogP contribution in [0.4, 0.5) is 5.82 Å². The smallest absolute Gasteiger partial charge is 0.126 e. The van der Waals surface area contributed by atoms with Gasteiger partial charge in [0.05, 0.1) is 5.52 Å². The van der Waals surface area contributed by atoms with Crippen LogP contribution in [0.3, 0.4) is 0 Å². The first-order valence-electron chi connectivity index (χ1n) is 7.17. The highest BCUT2D eigenvalue weighted by atomic mass is 35.5. The summed E-state index contributed by atoms with van der Waals surface area (Å²) in [5.41, 5.74) is 2.17. The van der Waals surface area contributed by atoms with Crippen LogP contribution in [0.1, 0.15) is 19.4 Å². The molecule has 20 heavy (non-hydrogen) atoms. The Morgan fingerprint density at radius 2 is 1.95 bits per heavy atom. The molecular formula is C16H22ClN3. The molecule has 1 aromatic heterocycles. The molecule has 108 valence electrons. The summed E-state index contributed by atoms with van der Waals surface area (Å²) in [5.74, 6) is 0.921. The number of nitrogens with one attached hydrogen (secondary N) is 1. The third-order valence-corrected chi connectivity index (χ3v) is 3.84. The summed E-state index contributed by atoms with van der Waals surface area (Å²) in [6.07, 6.45) is 0. The second-order valence-corrected chi connectivity index (χ2v) is 5.38. The molecule has 0 aliphatic heterocycles. The largest absolute Gasteiger partial charge is 0.369 e. The number of nitrogens with zero attached hydrogens (tertiary/aromatic N) is 2. The van der Waals surface area contributed by atoms with Gasteiger partial charge in [0.1, 0.15) is 5.82 Å². The second kappa shape index (κ2) is 6.91. The lowest BCUT2D eigenvalue weighted by Gasteiger charge is -2.18. The topological polar surface area (TPSA) is 28.2 Å². The lowest BCUT2D eigenvalue weighted by molar-refractivity contribution is 0.316. The SMILES string of the molecule is CCN(CC)CCNc1cc(C)c2ccc(Cl)cc2n1. The quantitative estimate of drug-likeness (QED) is 0.873. The van der Waals surface area contributed by atoms with Crippen molar-refractivity contribution in [2.75, 3.05) is 31.5 Å². The Morgan fingerprint density at radius 3 is 2.65 bits per heavy atom. The monoisotopic (exact) mass is 291 g/mol. The van der Waals surface area contributed by atoms with Crippen molar-refractivity contribution in [2.24, 2.45) is 0 Å². The van der Waals surface area contributed by atoms with E-state index in [2.05, 4.69) is 42.0 Å². The molecule has 0 fully saturated rings. The van der Waals surface area contributed by atoms with Crippen molar-refractivity contribution >= 4 is 28.3 Å². The number of fused-ring (bicyclic) bond motifs is 1. The van der Waals surface area contributed by atoms with Crippen molar-refractivity contribution in [1.82, 2.24) is 9.88 Å². The predicted molar refractivity (Wildman–Crippen MR) is 87.8 cm³/mol. The third-order valence-electron chi connectivity index (χ3n) is 3.61.